The van der Waals surface area contributed by atoms with E-state index in [1.54, 1.807) is 11.3 Å². The summed E-state index contributed by atoms with van der Waals surface area (Å²) in [4.78, 5) is 24.2. The van der Waals surface area contributed by atoms with Gasteiger partial charge in [-0.1, -0.05) is 97.6 Å². The number of rotatable bonds is 9. The van der Waals surface area contributed by atoms with E-state index in [9.17, 15) is 0 Å². The summed E-state index contributed by atoms with van der Waals surface area (Å²) in [7, 11) is 5.85. The first-order chi connectivity index (χ1) is 27.9. The summed E-state index contributed by atoms with van der Waals surface area (Å²) >= 11 is 1.67. The average molecular weight is 755 g/mol. The SMILES string of the molecule is [B]c1nc2cc(-n3c(C)c(/C=C\C)c(/C=C(\C)c4cccc(-c5nc6cc(-c7nc(-c8ccccc8)nc(-c8ccccc8)n7)ccc6s5)c4)c3C=C)ccc2o1. The molecule has 0 saturated carbocycles. The Kier molecular flexibility index (Phi) is 9.36. The third-order valence-electron chi connectivity index (χ3n) is 9.98. The fraction of sp³-hybridized carbons (Fsp3) is 0.0625. The summed E-state index contributed by atoms with van der Waals surface area (Å²) in [6, 6.07) is 40.8. The van der Waals surface area contributed by atoms with Gasteiger partial charge in [0.15, 0.2) is 30.9 Å². The highest BCUT2D eigenvalue weighted by Gasteiger charge is 2.19. The molecular formula is C48H35BN6OS. The maximum absolute atomic E-state index is 5.85. The quantitative estimate of drug-likeness (QED) is 0.136. The lowest BCUT2D eigenvalue weighted by atomic mass is 9.99. The third kappa shape index (κ3) is 6.83. The first-order valence-electron chi connectivity index (χ1n) is 18.6. The van der Waals surface area contributed by atoms with Crippen LogP contribution in [-0.2, 0) is 0 Å². The van der Waals surface area contributed by atoms with Crippen molar-refractivity contribution in [2.75, 3.05) is 0 Å². The number of thiazole rings is 1. The normalized spacial score (nSPS) is 11.9. The Bertz CT molecular complexity index is 2970. The minimum Gasteiger partial charge on any atom is -0.452 e. The minimum atomic E-state index is 0.150. The Hall–Kier alpha value is -6.97. The molecule has 0 N–H and O–H groups in total. The smallest absolute Gasteiger partial charge is 0.197 e. The lowest BCUT2D eigenvalue weighted by molar-refractivity contribution is 0.644. The molecule has 272 valence electrons. The molecule has 9 aromatic rings. The molecule has 5 aromatic carbocycles. The number of allylic oxidation sites excluding steroid dienone is 2. The highest BCUT2D eigenvalue weighted by Crippen LogP contribution is 2.36. The maximum Gasteiger partial charge on any atom is 0.197 e. The van der Waals surface area contributed by atoms with Gasteiger partial charge in [-0.05, 0) is 86.5 Å². The molecule has 4 aromatic heterocycles. The van der Waals surface area contributed by atoms with E-state index in [4.69, 9.17) is 32.2 Å². The summed E-state index contributed by atoms with van der Waals surface area (Å²) < 4.78 is 8.83. The van der Waals surface area contributed by atoms with E-state index >= 15 is 0 Å². The van der Waals surface area contributed by atoms with Gasteiger partial charge < -0.3 is 8.98 Å². The molecule has 4 heterocycles. The molecule has 9 rings (SSSR count). The molecule has 7 nitrogen and oxygen atoms in total. The van der Waals surface area contributed by atoms with E-state index in [0.717, 1.165) is 76.8 Å². The first-order valence-corrected chi connectivity index (χ1v) is 19.4. The molecule has 9 heteroatoms. The number of hydrogen-bond acceptors (Lipinski definition) is 7. The molecule has 0 amide bonds. The zero-order valence-electron chi connectivity index (χ0n) is 31.6. The molecule has 57 heavy (non-hydrogen) atoms. The number of nitrogens with zero attached hydrogens (tertiary/aromatic N) is 6. The van der Waals surface area contributed by atoms with E-state index in [1.807, 2.05) is 91.9 Å². The number of oxazole rings is 1. The minimum absolute atomic E-state index is 0.150. The van der Waals surface area contributed by atoms with Crippen molar-refractivity contribution in [3.8, 4) is 50.4 Å². The fourth-order valence-corrected chi connectivity index (χ4v) is 8.16. The van der Waals surface area contributed by atoms with E-state index in [0.29, 0.717) is 28.6 Å². The lowest BCUT2D eigenvalue weighted by Gasteiger charge is -2.10. The summed E-state index contributed by atoms with van der Waals surface area (Å²) in [5.41, 5.74) is 13.5. The van der Waals surface area contributed by atoms with Gasteiger partial charge in [0.2, 0.25) is 0 Å². The van der Waals surface area contributed by atoms with Crippen LogP contribution in [0.5, 0.6) is 0 Å². The molecule has 0 unspecified atom stereocenters. The van der Waals surface area contributed by atoms with Crippen molar-refractivity contribution in [1.29, 1.82) is 0 Å². The number of benzene rings is 5. The number of hydrogen-bond donors (Lipinski definition) is 0. The highest BCUT2D eigenvalue weighted by molar-refractivity contribution is 7.21. The van der Waals surface area contributed by atoms with Gasteiger partial charge in [-0.15, -0.1) is 11.3 Å². The van der Waals surface area contributed by atoms with Crippen molar-refractivity contribution in [1.82, 2.24) is 29.5 Å². The zero-order valence-corrected chi connectivity index (χ0v) is 32.5. The predicted octanol–water partition coefficient (Wildman–Crippen LogP) is 11.4. The van der Waals surface area contributed by atoms with Crippen molar-refractivity contribution in [2.24, 2.45) is 0 Å². The predicted molar refractivity (Wildman–Crippen MR) is 237 cm³/mol. The summed E-state index contributed by atoms with van der Waals surface area (Å²) in [5.74, 6) is 2.01. The van der Waals surface area contributed by atoms with Gasteiger partial charge in [0.25, 0.3) is 0 Å². The summed E-state index contributed by atoms with van der Waals surface area (Å²) in [6.45, 7) is 10.5. The van der Waals surface area contributed by atoms with Crippen LogP contribution in [0.25, 0.3) is 95.5 Å². The second-order valence-electron chi connectivity index (χ2n) is 13.7. The van der Waals surface area contributed by atoms with E-state index in [1.165, 1.54) is 0 Å². The van der Waals surface area contributed by atoms with Gasteiger partial charge in [-0.3, -0.25) is 0 Å². The molecule has 0 aliphatic rings. The zero-order chi connectivity index (χ0) is 39.0. The van der Waals surface area contributed by atoms with Gasteiger partial charge in [0.1, 0.15) is 16.3 Å². The third-order valence-corrected chi connectivity index (χ3v) is 11.1. The average Bonchev–Trinajstić information content (AvgIpc) is 3.93. The van der Waals surface area contributed by atoms with Crippen LogP contribution in [0.2, 0.25) is 0 Å². The van der Waals surface area contributed by atoms with Gasteiger partial charge in [0.05, 0.1) is 15.9 Å². The Morgan fingerprint density at radius 2 is 1.39 bits per heavy atom. The molecule has 0 aliphatic carbocycles. The summed E-state index contributed by atoms with van der Waals surface area (Å²) in [5, 5.41) is 0.940. The van der Waals surface area contributed by atoms with Crippen LogP contribution in [0.1, 0.15) is 41.9 Å². The Morgan fingerprint density at radius 1 is 0.702 bits per heavy atom. The van der Waals surface area contributed by atoms with E-state index < -0.39 is 0 Å². The standard InChI is InChI=1S/C48H35BN6OS/c1-5-14-37-30(4)55(36-22-23-42-39(28-36)51-48(49)56-42)41(6-2)38(37)25-29(3)33-19-13-20-35(26-33)47-50-40-27-34(21-24-43(40)57-47)46-53-44(31-15-9-7-10-16-31)52-45(54-46)32-17-11-8-12-18-32/h5-28H,2H2,1,3-4H3/b14-5-,29-25+. The van der Waals surface area contributed by atoms with Crippen molar-refractivity contribution in [3.05, 3.63) is 162 Å². The van der Waals surface area contributed by atoms with Crippen molar-refractivity contribution in [3.63, 3.8) is 0 Å². The Balaban J connectivity index is 1.07. The van der Waals surface area contributed by atoms with Gasteiger partial charge >= 0.3 is 0 Å². The van der Waals surface area contributed by atoms with Crippen LogP contribution in [0.3, 0.4) is 0 Å². The molecule has 0 fully saturated rings. The monoisotopic (exact) mass is 754 g/mol. The van der Waals surface area contributed by atoms with Gasteiger partial charge in [-0.25, -0.2) is 24.9 Å². The Labute approximate surface area is 335 Å². The van der Waals surface area contributed by atoms with Crippen molar-refractivity contribution in [2.45, 2.75) is 20.8 Å². The Morgan fingerprint density at radius 3 is 2.07 bits per heavy atom. The molecule has 0 bridgehead atoms. The molecule has 0 atom stereocenters. The second-order valence-corrected chi connectivity index (χ2v) is 14.7. The van der Waals surface area contributed by atoms with Crippen LogP contribution in [0.4, 0.5) is 0 Å². The topological polar surface area (TPSA) is 82.5 Å². The first kappa shape index (κ1) is 35.7. The van der Waals surface area contributed by atoms with Crippen LogP contribution in [0.15, 0.2) is 138 Å². The molecule has 2 radical (unpaired) electrons. The van der Waals surface area contributed by atoms with Crippen molar-refractivity contribution < 1.29 is 4.42 Å². The number of aromatic nitrogens is 6. The number of fused-ring (bicyclic) bond motifs is 2. The fourth-order valence-electron chi connectivity index (χ4n) is 7.21. The largest absolute Gasteiger partial charge is 0.452 e. The highest BCUT2D eigenvalue weighted by atomic mass is 32.1. The van der Waals surface area contributed by atoms with Crippen LogP contribution in [-0.4, -0.2) is 37.3 Å². The van der Waals surface area contributed by atoms with Crippen LogP contribution >= 0.6 is 11.3 Å². The summed E-state index contributed by atoms with van der Waals surface area (Å²) in [6.07, 6.45) is 8.37. The lowest BCUT2D eigenvalue weighted by Crippen LogP contribution is -2.00. The van der Waals surface area contributed by atoms with Crippen LogP contribution < -0.4 is 5.79 Å². The molecule has 0 spiro atoms. The van der Waals surface area contributed by atoms with Crippen molar-refractivity contribution >= 4 is 70.1 Å². The van der Waals surface area contributed by atoms with Crippen LogP contribution in [0, 0.1) is 6.92 Å². The second kappa shape index (κ2) is 14.9. The van der Waals surface area contributed by atoms with Gasteiger partial charge in [-0.2, -0.15) is 0 Å². The molecule has 0 aliphatic heterocycles. The van der Waals surface area contributed by atoms with Gasteiger partial charge in [0, 0.05) is 44.8 Å². The molecular weight excluding hydrogens is 719 g/mol. The van der Waals surface area contributed by atoms with E-state index in [2.05, 4.69) is 90.7 Å². The molecule has 0 saturated heterocycles. The maximum atomic E-state index is 5.85. The van der Waals surface area contributed by atoms with E-state index in [-0.39, 0.29) is 5.79 Å².